The lowest BCUT2D eigenvalue weighted by Crippen LogP contribution is -2.48. The van der Waals surface area contributed by atoms with Gasteiger partial charge in [0.15, 0.2) is 11.1 Å². The van der Waals surface area contributed by atoms with Crippen molar-refractivity contribution in [3.63, 3.8) is 0 Å². The first-order valence-electron chi connectivity index (χ1n) is 17.0. The van der Waals surface area contributed by atoms with Gasteiger partial charge in [-0.05, 0) is 75.6 Å². The first-order chi connectivity index (χ1) is 24.8. The van der Waals surface area contributed by atoms with E-state index in [1.165, 1.54) is 23.9 Å². The van der Waals surface area contributed by atoms with Gasteiger partial charge in [0.2, 0.25) is 17.7 Å². The lowest BCUT2D eigenvalue weighted by molar-refractivity contribution is -0.139. The minimum atomic E-state index is -1.43. The number of thioether (sulfide) groups is 1. The molecule has 290 valence electrons. The lowest BCUT2D eigenvalue weighted by atomic mass is 10.0. The summed E-state index contributed by atoms with van der Waals surface area (Å²) in [6.45, 7) is 10.1. The second-order valence-electron chi connectivity index (χ2n) is 13.3. The number of hydrogen-bond donors (Lipinski definition) is 7. The molecule has 4 amide bonds. The Morgan fingerprint density at radius 3 is 2.26 bits per heavy atom. The number of ether oxygens (including phenoxy) is 2. The summed E-state index contributed by atoms with van der Waals surface area (Å²) in [5.41, 5.74) is 11.1. The predicted molar refractivity (Wildman–Crippen MR) is 203 cm³/mol. The number of benzene rings is 2. The van der Waals surface area contributed by atoms with E-state index in [0.29, 0.717) is 62.6 Å². The van der Waals surface area contributed by atoms with Crippen LogP contribution in [-0.4, -0.2) is 88.5 Å². The number of nitrogens with zero attached hydrogens (tertiary/aromatic N) is 1. The summed E-state index contributed by atoms with van der Waals surface area (Å²) in [6.07, 6.45) is 1.41. The number of hydrogen-bond acceptors (Lipinski definition) is 10. The summed E-state index contributed by atoms with van der Waals surface area (Å²) >= 11 is 1.29. The number of nitrogens with one attached hydrogen (secondary N) is 4. The normalized spacial score (nSPS) is 11.8. The maximum absolute atomic E-state index is 12.9. The van der Waals surface area contributed by atoms with E-state index in [1.807, 2.05) is 27.7 Å². The highest BCUT2D eigenvalue weighted by Crippen LogP contribution is 2.29. The minimum absolute atomic E-state index is 0.0688. The minimum Gasteiger partial charge on any atom is -0.494 e. The van der Waals surface area contributed by atoms with Crippen molar-refractivity contribution in [3.05, 3.63) is 54.1 Å². The van der Waals surface area contributed by atoms with Gasteiger partial charge >= 0.3 is 5.97 Å². The third-order valence-corrected chi connectivity index (χ3v) is 8.46. The molecular weight excluding hydrogens is 707 g/mol. The van der Waals surface area contributed by atoms with E-state index in [0.717, 1.165) is 0 Å². The molecule has 17 heteroatoms. The Balaban J connectivity index is 1.73. The summed E-state index contributed by atoms with van der Waals surface area (Å²) in [6, 6.07) is 10.9. The van der Waals surface area contributed by atoms with Crippen LogP contribution < -0.4 is 37.5 Å². The van der Waals surface area contributed by atoms with E-state index >= 15 is 0 Å². The Labute approximate surface area is 313 Å². The molecule has 0 aliphatic heterocycles. The molecule has 9 N–H and O–H groups in total. The maximum Gasteiger partial charge on any atom is 0.305 e. The smallest absolute Gasteiger partial charge is 0.305 e. The fourth-order valence-electron chi connectivity index (χ4n) is 4.70. The molecule has 0 radical (unpaired) electrons. The molecule has 1 atom stereocenters. The standard InChI is InChI=1S/C36H51N7O9S/c1-23(44)53-36(4,5)16-19-52-35(2,3)15-14-29(45)39-17-7-18-51-27-12-10-25(11-13-27)41-33(50)28(21-31(47)48)43-30(46)22-40-32(49)24-8-6-9-26(20-24)42-34(37)38/h6,8-13,20,28H,7,14-19,21-22H2,1-5H3,(H,39,45)(H,40,49)(H,41,50)(H,43,46)(H,47,48)(H4,37,38,42)/t28-/m0/s1. The zero-order valence-electron chi connectivity index (χ0n) is 30.8. The first-order valence-corrected chi connectivity index (χ1v) is 17.8. The number of carboxylic acid groups (broad SMARTS) is 1. The average molecular weight is 758 g/mol. The highest BCUT2D eigenvalue weighted by atomic mass is 32.2. The van der Waals surface area contributed by atoms with Gasteiger partial charge in [0.1, 0.15) is 11.8 Å². The van der Waals surface area contributed by atoms with Crippen LogP contribution in [0.2, 0.25) is 0 Å². The van der Waals surface area contributed by atoms with Gasteiger partial charge in [-0.15, -0.1) is 0 Å². The number of anilines is 1. The molecule has 0 saturated heterocycles. The average Bonchev–Trinajstić information content (AvgIpc) is 3.05. The van der Waals surface area contributed by atoms with Crippen LogP contribution in [0.1, 0.15) is 77.1 Å². The number of aliphatic imine (C=N–C) groups is 1. The molecule has 0 bridgehead atoms. The molecule has 2 aromatic carbocycles. The van der Waals surface area contributed by atoms with Crippen molar-refractivity contribution in [1.29, 1.82) is 0 Å². The van der Waals surface area contributed by atoms with Crippen molar-refractivity contribution in [2.45, 2.75) is 83.1 Å². The number of aliphatic carboxylic acids is 1. The van der Waals surface area contributed by atoms with Crippen LogP contribution in [0.25, 0.3) is 0 Å². The molecule has 0 aliphatic carbocycles. The van der Waals surface area contributed by atoms with E-state index in [1.54, 1.807) is 43.3 Å². The number of amides is 4. The zero-order chi connectivity index (χ0) is 39.6. The van der Waals surface area contributed by atoms with E-state index < -0.39 is 48.3 Å². The van der Waals surface area contributed by atoms with Crippen LogP contribution in [-0.2, 0) is 28.7 Å². The van der Waals surface area contributed by atoms with Crippen LogP contribution in [0.15, 0.2) is 53.5 Å². The Kier molecular flexibility index (Phi) is 17.8. The summed E-state index contributed by atoms with van der Waals surface area (Å²) in [7, 11) is 0. The van der Waals surface area contributed by atoms with E-state index in [9.17, 15) is 33.9 Å². The quantitative estimate of drug-likeness (QED) is 0.0520. The number of rotatable bonds is 22. The van der Waals surface area contributed by atoms with Crippen LogP contribution >= 0.6 is 11.8 Å². The topological polar surface area (TPSA) is 254 Å². The molecule has 0 spiro atoms. The molecule has 16 nitrogen and oxygen atoms in total. The van der Waals surface area contributed by atoms with Crippen molar-refractivity contribution in [3.8, 4) is 5.75 Å². The molecule has 0 aliphatic rings. The largest absolute Gasteiger partial charge is 0.494 e. The Bertz CT molecular complexity index is 1610. The molecule has 0 unspecified atom stereocenters. The molecular formula is C36H51N7O9S. The number of carboxylic acids is 1. The molecule has 2 aromatic rings. The molecule has 53 heavy (non-hydrogen) atoms. The summed E-state index contributed by atoms with van der Waals surface area (Å²) in [5.74, 6) is -3.27. The van der Waals surface area contributed by atoms with Crippen LogP contribution in [0.3, 0.4) is 0 Å². The number of guanidine groups is 1. The Morgan fingerprint density at radius 1 is 0.925 bits per heavy atom. The van der Waals surface area contributed by atoms with Crippen LogP contribution in [0.5, 0.6) is 5.75 Å². The molecule has 0 fully saturated rings. The van der Waals surface area contributed by atoms with Crippen molar-refractivity contribution >= 4 is 63.8 Å². The number of carbonyl (C=O) groups is 6. The first kappa shape index (κ1) is 44.0. The van der Waals surface area contributed by atoms with Gasteiger partial charge in [0.25, 0.3) is 5.91 Å². The van der Waals surface area contributed by atoms with Crippen LogP contribution in [0, 0.1) is 0 Å². The van der Waals surface area contributed by atoms with Gasteiger partial charge in [-0.3, -0.25) is 28.8 Å². The zero-order valence-corrected chi connectivity index (χ0v) is 31.6. The third kappa shape index (κ3) is 18.8. The third-order valence-electron chi connectivity index (χ3n) is 7.41. The van der Waals surface area contributed by atoms with E-state index in [2.05, 4.69) is 26.3 Å². The second-order valence-corrected chi connectivity index (χ2v) is 15.1. The monoisotopic (exact) mass is 757 g/mol. The fourth-order valence-corrected chi connectivity index (χ4v) is 5.66. The van der Waals surface area contributed by atoms with E-state index in [-0.39, 0.29) is 27.3 Å². The van der Waals surface area contributed by atoms with Crippen molar-refractivity contribution in [1.82, 2.24) is 16.0 Å². The SMILES string of the molecule is CC(=O)SC(C)(C)CCOC(C)(C)CCC(=O)NCCCOc1ccc(NC(=O)[C@H](CC(=O)O)NC(=O)CNC(=O)c2cccc(N=C(N)N)c2)cc1. The lowest BCUT2D eigenvalue weighted by Gasteiger charge is -2.28. The van der Waals surface area contributed by atoms with Crippen molar-refractivity contribution in [2.24, 2.45) is 16.5 Å². The van der Waals surface area contributed by atoms with Crippen molar-refractivity contribution in [2.75, 3.05) is 31.6 Å². The predicted octanol–water partition coefficient (Wildman–Crippen LogP) is 2.83. The molecule has 0 saturated carbocycles. The highest BCUT2D eigenvalue weighted by Gasteiger charge is 2.26. The summed E-state index contributed by atoms with van der Waals surface area (Å²) in [5, 5.41) is 19.5. The molecule has 0 heterocycles. The van der Waals surface area contributed by atoms with Crippen LogP contribution in [0.4, 0.5) is 11.4 Å². The fraction of sp³-hybridized carbons (Fsp3) is 0.472. The van der Waals surface area contributed by atoms with Gasteiger partial charge in [-0.25, -0.2) is 4.99 Å². The Hall–Kier alpha value is -5.16. The van der Waals surface area contributed by atoms with Gasteiger partial charge in [-0.2, -0.15) is 0 Å². The Morgan fingerprint density at radius 2 is 1.62 bits per heavy atom. The van der Waals surface area contributed by atoms with Gasteiger partial charge in [0.05, 0.1) is 30.9 Å². The summed E-state index contributed by atoms with van der Waals surface area (Å²) in [4.78, 5) is 76.9. The number of nitrogens with two attached hydrogens (primary N) is 2. The molecule has 0 aromatic heterocycles. The highest BCUT2D eigenvalue weighted by molar-refractivity contribution is 8.14. The maximum atomic E-state index is 12.9. The molecule has 2 rings (SSSR count). The second kappa shape index (κ2) is 21.4. The number of carbonyl (C=O) groups excluding carboxylic acids is 5. The van der Waals surface area contributed by atoms with Gasteiger partial charge < -0.3 is 47.3 Å². The van der Waals surface area contributed by atoms with Crippen molar-refractivity contribution < 1.29 is 43.3 Å². The summed E-state index contributed by atoms with van der Waals surface area (Å²) < 4.78 is 11.5. The van der Waals surface area contributed by atoms with Gasteiger partial charge in [0, 0.05) is 42.5 Å². The van der Waals surface area contributed by atoms with Gasteiger partial charge in [-0.1, -0.05) is 31.7 Å². The van der Waals surface area contributed by atoms with E-state index in [4.69, 9.17) is 20.9 Å².